The number of imide groups is 1. The second-order valence-electron chi connectivity index (χ2n) is 10.1. The van der Waals surface area contributed by atoms with Gasteiger partial charge in [-0.2, -0.15) is 0 Å². The number of alkyl halides is 2. The summed E-state index contributed by atoms with van der Waals surface area (Å²) in [5.74, 6) is -2.81. The molecular weight excluding hydrogens is 428 g/mol. The van der Waals surface area contributed by atoms with Gasteiger partial charge in [-0.05, 0) is 55.2 Å². The molecule has 1 unspecified atom stereocenters. The topological polar surface area (TPSA) is 69.7 Å². The van der Waals surface area contributed by atoms with Gasteiger partial charge in [-0.15, -0.1) is 0 Å². The van der Waals surface area contributed by atoms with Gasteiger partial charge in [0.1, 0.15) is 6.04 Å². The smallest absolute Gasteiger partial charge is 0.255 e. The summed E-state index contributed by atoms with van der Waals surface area (Å²) < 4.78 is 27.1. The molecule has 3 fully saturated rings. The lowest BCUT2D eigenvalue weighted by Gasteiger charge is -2.38. The van der Waals surface area contributed by atoms with Crippen molar-refractivity contribution in [2.45, 2.75) is 82.3 Å². The number of hydrogen-bond acceptors (Lipinski definition) is 4. The minimum absolute atomic E-state index is 0.0290. The van der Waals surface area contributed by atoms with E-state index >= 15 is 0 Å². The first-order valence-corrected chi connectivity index (χ1v) is 12.2. The van der Waals surface area contributed by atoms with Gasteiger partial charge >= 0.3 is 0 Å². The molecule has 1 saturated carbocycles. The Hall–Kier alpha value is -2.35. The highest BCUT2D eigenvalue weighted by Crippen LogP contribution is 2.37. The van der Waals surface area contributed by atoms with Gasteiger partial charge in [-0.25, -0.2) is 8.78 Å². The largest absolute Gasteiger partial charge is 0.322 e. The summed E-state index contributed by atoms with van der Waals surface area (Å²) in [5.41, 5.74) is 2.74. The van der Waals surface area contributed by atoms with E-state index in [2.05, 4.69) is 16.3 Å². The van der Waals surface area contributed by atoms with Crippen LogP contribution in [0.25, 0.3) is 0 Å². The highest BCUT2D eigenvalue weighted by Gasteiger charge is 2.40. The highest BCUT2D eigenvalue weighted by molar-refractivity contribution is 6.05. The Labute approximate surface area is 192 Å². The molecule has 3 amide bonds. The molecule has 0 bridgehead atoms. The summed E-state index contributed by atoms with van der Waals surface area (Å²) >= 11 is 0. The number of hydrogen-bond donors (Lipinski definition) is 1. The van der Waals surface area contributed by atoms with Crippen LogP contribution in [0, 0.1) is 5.92 Å². The van der Waals surface area contributed by atoms with Gasteiger partial charge in [0.05, 0.1) is 0 Å². The number of fused-ring (bicyclic) bond motifs is 1. The van der Waals surface area contributed by atoms with Crippen LogP contribution in [-0.2, 0) is 22.6 Å². The summed E-state index contributed by atoms with van der Waals surface area (Å²) in [7, 11) is 0. The van der Waals surface area contributed by atoms with Crippen molar-refractivity contribution >= 4 is 17.7 Å². The van der Waals surface area contributed by atoms with Crippen molar-refractivity contribution in [2.24, 2.45) is 5.92 Å². The van der Waals surface area contributed by atoms with Crippen LogP contribution in [0.1, 0.15) is 72.9 Å². The Balaban J connectivity index is 1.20. The van der Waals surface area contributed by atoms with E-state index in [1.807, 2.05) is 12.1 Å². The fraction of sp³-hybridized carbons (Fsp3) is 0.640. The second kappa shape index (κ2) is 8.78. The number of piperidine rings is 2. The molecule has 3 aliphatic heterocycles. The van der Waals surface area contributed by atoms with Crippen molar-refractivity contribution in [3.63, 3.8) is 0 Å². The van der Waals surface area contributed by atoms with Crippen molar-refractivity contribution in [3.05, 3.63) is 34.9 Å². The van der Waals surface area contributed by atoms with Crippen LogP contribution in [0.3, 0.4) is 0 Å². The molecular formula is C25H31F2N3O3. The number of halogens is 2. The van der Waals surface area contributed by atoms with E-state index in [-0.39, 0.29) is 31.1 Å². The quantitative estimate of drug-likeness (QED) is 0.687. The van der Waals surface area contributed by atoms with E-state index in [0.29, 0.717) is 43.6 Å². The maximum atomic E-state index is 13.6. The third kappa shape index (κ3) is 4.54. The van der Waals surface area contributed by atoms with E-state index in [1.165, 1.54) is 5.56 Å². The van der Waals surface area contributed by atoms with Gasteiger partial charge in [0.2, 0.25) is 11.8 Å². The first-order valence-electron chi connectivity index (χ1n) is 12.2. The van der Waals surface area contributed by atoms with Crippen LogP contribution in [0.15, 0.2) is 18.2 Å². The molecule has 4 aliphatic rings. The van der Waals surface area contributed by atoms with E-state index in [4.69, 9.17) is 0 Å². The molecule has 0 spiro atoms. The molecule has 3 heterocycles. The van der Waals surface area contributed by atoms with Gasteiger partial charge in [-0.1, -0.05) is 18.6 Å². The number of carbonyl (C=O) groups is 3. The third-order valence-electron chi connectivity index (χ3n) is 8.01. The molecule has 6 nitrogen and oxygen atoms in total. The summed E-state index contributed by atoms with van der Waals surface area (Å²) in [5, 5.41) is 2.33. The molecule has 1 aromatic carbocycles. The lowest BCUT2D eigenvalue weighted by molar-refractivity contribution is -0.136. The summed E-state index contributed by atoms with van der Waals surface area (Å²) in [4.78, 5) is 40.4. The van der Waals surface area contributed by atoms with Crippen molar-refractivity contribution in [1.82, 2.24) is 15.1 Å². The normalized spacial score (nSPS) is 29.9. The summed E-state index contributed by atoms with van der Waals surface area (Å²) in [6.07, 6.45) is 5.85. The fourth-order valence-corrected chi connectivity index (χ4v) is 6.15. The van der Waals surface area contributed by atoms with Crippen molar-refractivity contribution in [1.29, 1.82) is 0 Å². The lowest BCUT2D eigenvalue weighted by atomic mass is 9.91. The van der Waals surface area contributed by atoms with Gasteiger partial charge in [0.25, 0.3) is 11.8 Å². The average Bonchev–Trinajstić information content (AvgIpc) is 3.37. The Morgan fingerprint density at radius 3 is 2.61 bits per heavy atom. The SMILES string of the molecule is O=C1CCC(N2Cc3cc(CC[C@H]4CCC[C@@H]4N4CCC(F)(F)CC4)ccc3C2=O)C(=O)N1. The Bertz CT molecular complexity index is 956. The fourth-order valence-electron chi connectivity index (χ4n) is 6.15. The summed E-state index contributed by atoms with van der Waals surface area (Å²) in [6, 6.07) is 5.74. The minimum atomic E-state index is -2.51. The molecule has 5 rings (SSSR count). The molecule has 3 atom stereocenters. The molecule has 0 aromatic heterocycles. The van der Waals surface area contributed by atoms with Gasteiger partial charge in [0.15, 0.2) is 0 Å². The monoisotopic (exact) mass is 459 g/mol. The van der Waals surface area contributed by atoms with E-state index in [1.54, 1.807) is 4.90 Å². The zero-order valence-corrected chi connectivity index (χ0v) is 18.8. The number of nitrogens with one attached hydrogen (secondary N) is 1. The third-order valence-corrected chi connectivity index (χ3v) is 8.01. The summed E-state index contributed by atoms with van der Waals surface area (Å²) in [6.45, 7) is 1.37. The molecule has 1 N–H and O–H groups in total. The van der Waals surface area contributed by atoms with Gasteiger partial charge in [-0.3, -0.25) is 24.6 Å². The van der Waals surface area contributed by atoms with Crippen LogP contribution in [-0.4, -0.2) is 58.6 Å². The van der Waals surface area contributed by atoms with Gasteiger partial charge in [0, 0.05) is 50.5 Å². The maximum Gasteiger partial charge on any atom is 0.255 e. The second-order valence-corrected chi connectivity index (χ2v) is 10.1. The molecule has 2 saturated heterocycles. The van der Waals surface area contributed by atoms with Crippen LogP contribution < -0.4 is 5.32 Å². The zero-order valence-electron chi connectivity index (χ0n) is 18.8. The predicted molar refractivity (Wildman–Crippen MR) is 118 cm³/mol. The highest BCUT2D eigenvalue weighted by atomic mass is 19.3. The predicted octanol–water partition coefficient (Wildman–Crippen LogP) is 3.28. The van der Waals surface area contributed by atoms with Crippen LogP contribution in [0.5, 0.6) is 0 Å². The first kappa shape index (κ1) is 22.4. The minimum Gasteiger partial charge on any atom is -0.322 e. The Morgan fingerprint density at radius 2 is 1.85 bits per heavy atom. The number of likely N-dealkylation sites (tertiary alicyclic amines) is 1. The van der Waals surface area contributed by atoms with Gasteiger partial charge < -0.3 is 4.90 Å². The standard InChI is InChI=1S/C25H31F2N3O3/c26-25(27)10-12-29(13-11-25)20-3-1-2-17(20)6-4-16-5-7-19-18(14-16)15-30(24(19)33)21-8-9-22(31)28-23(21)32/h5,7,14,17,20-21H,1-4,6,8-13,15H2,(H,28,31,32)/t17-,20+,21?/m1/s1. The molecule has 0 radical (unpaired) electrons. The van der Waals surface area contributed by atoms with E-state index in [9.17, 15) is 23.2 Å². The molecule has 178 valence electrons. The molecule has 1 aliphatic carbocycles. The lowest BCUT2D eigenvalue weighted by Crippen LogP contribution is -2.52. The van der Waals surface area contributed by atoms with Crippen LogP contribution >= 0.6 is 0 Å². The molecule has 8 heteroatoms. The molecule has 33 heavy (non-hydrogen) atoms. The number of rotatable bonds is 5. The number of nitrogens with zero attached hydrogens (tertiary/aromatic N) is 2. The zero-order chi connectivity index (χ0) is 23.2. The van der Waals surface area contributed by atoms with Crippen molar-refractivity contribution < 1.29 is 23.2 Å². The number of benzene rings is 1. The van der Waals surface area contributed by atoms with Crippen LogP contribution in [0.2, 0.25) is 0 Å². The number of carbonyl (C=O) groups excluding carboxylic acids is 3. The Morgan fingerprint density at radius 1 is 1.06 bits per heavy atom. The maximum absolute atomic E-state index is 13.6. The molecule has 1 aromatic rings. The number of amides is 3. The Kier molecular flexibility index (Phi) is 5.97. The van der Waals surface area contributed by atoms with Crippen molar-refractivity contribution in [3.8, 4) is 0 Å². The first-order chi connectivity index (χ1) is 15.8. The van der Waals surface area contributed by atoms with Crippen molar-refractivity contribution in [2.75, 3.05) is 13.1 Å². The average molecular weight is 460 g/mol. The number of aryl methyl sites for hydroxylation is 1. The van der Waals surface area contributed by atoms with E-state index in [0.717, 1.165) is 37.7 Å². The van der Waals surface area contributed by atoms with Crippen LogP contribution in [0.4, 0.5) is 8.78 Å². The van der Waals surface area contributed by atoms with E-state index < -0.39 is 17.9 Å².